The van der Waals surface area contributed by atoms with Crippen molar-refractivity contribution >= 4 is 27.6 Å². The van der Waals surface area contributed by atoms with Crippen LogP contribution in [0.4, 0.5) is 5.95 Å². The van der Waals surface area contributed by atoms with Crippen LogP contribution in [0.5, 0.6) is 11.6 Å². The topological polar surface area (TPSA) is 143 Å². The van der Waals surface area contributed by atoms with Gasteiger partial charge < -0.3 is 14.2 Å². The summed E-state index contributed by atoms with van der Waals surface area (Å²) in [6, 6.07) is 1.30. The number of aromatic nitrogens is 6. The summed E-state index contributed by atoms with van der Waals surface area (Å²) < 4.78 is 47.9. The van der Waals surface area contributed by atoms with Gasteiger partial charge in [-0.1, -0.05) is 18.5 Å². The molecule has 3 atom stereocenters. The number of nitrogens with zero attached hydrogens (tertiary/aromatic N) is 6. The van der Waals surface area contributed by atoms with Crippen molar-refractivity contribution < 1.29 is 22.6 Å². The van der Waals surface area contributed by atoms with Crippen LogP contribution in [0.2, 0.25) is 5.02 Å². The van der Waals surface area contributed by atoms with Crippen LogP contribution < -0.4 is 14.2 Å². The first-order valence-corrected chi connectivity index (χ1v) is 12.9. The van der Waals surface area contributed by atoms with Gasteiger partial charge in [0.25, 0.3) is 5.88 Å². The van der Waals surface area contributed by atoms with Gasteiger partial charge in [-0.3, -0.25) is 9.29 Å². The minimum Gasteiger partial charge on any atom is -0.485 e. The van der Waals surface area contributed by atoms with E-state index < -0.39 is 27.2 Å². The molecule has 0 spiro atoms. The van der Waals surface area contributed by atoms with Gasteiger partial charge in [0.1, 0.15) is 12.4 Å². The molecular weight excluding hydrogens is 498 g/mol. The van der Waals surface area contributed by atoms with Crippen molar-refractivity contribution in [2.75, 3.05) is 31.7 Å². The molecule has 1 N–H and O–H groups in total. The summed E-state index contributed by atoms with van der Waals surface area (Å²) in [6.07, 6.45) is 4.44. The smallest absolute Gasteiger partial charge is 0.257 e. The number of ether oxygens (including phenoxy) is 3. The lowest BCUT2D eigenvalue weighted by Crippen LogP contribution is -2.32. The van der Waals surface area contributed by atoms with Gasteiger partial charge in [0, 0.05) is 31.6 Å². The fraction of sp³-hybridized carbons (Fsp3) is 0.476. The molecule has 0 bridgehead atoms. The molecule has 3 aromatic heterocycles. The molecule has 35 heavy (non-hydrogen) atoms. The highest BCUT2D eigenvalue weighted by Crippen LogP contribution is 2.41. The van der Waals surface area contributed by atoms with E-state index in [1.165, 1.54) is 12.4 Å². The number of halogens is 1. The second-order valence-electron chi connectivity index (χ2n) is 7.96. The number of sulfonamides is 1. The van der Waals surface area contributed by atoms with E-state index in [0.717, 1.165) is 0 Å². The molecule has 4 heterocycles. The van der Waals surface area contributed by atoms with Crippen LogP contribution in [-0.2, 0) is 14.8 Å². The van der Waals surface area contributed by atoms with Crippen LogP contribution in [-0.4, -0.2) is 70.3 Å². The number of nitrogens with one attached hydrogen (secondary N) is 1. The zero-order chi connectivity index (χ0) is 25.2. The summed E-state index contributed by atoms with van der Waals surface area (Å²) in [4.78, 5) is 12.6. The fourth-order valence-electron chi connectivity index (χ4n) is 3.70. The van der Waals surface area contributed by atoms with E-state index in [2.05, 4.69) is 29.9 Å². The Balaban J connectivity index is 1.70. The first-order chi connectivity index (χ1) is 16.8. The number of rotatable bonds is 9. The third-order valence-electron chi connectivity index (χ3n) is 5.71. The average molecular weight is 524 g/mol. The Morgan fingerprint density at radius 1 is 1.26 bits per heavy atom. The quantitative estimate of drug-likeness (QED) is 0.444. The van der Waals surface area contributed by atoms with E-state index in [1.807, 2.05) is 6.92 Å². The monoisotopic (exact) mass is 523 g/mol. The second-order valence-corrected chi connectivity index (χ2v) is 10.4. The van der Waals surface area contributed by atoms with Gasteiger partial charge in [0.05, 0.1) is 35.1 Å². The minimum atomic E-state index is -3.92. The lowest BCUT2D eigenvalue weighted by atomic mass is 10.1. The van der Waals surface area contributed by atoms with E-state index in [9.17, 15) is 8.42 Å². The maximum atomic E-state index is 13.3. The standard InChI is InChI=1S/C21H26ClN7O5S/c1-5-33-20-17-16(6-7-23-20)19-26-27-21(29(19)15(10-32-4)11-34-17)28-35(30,31)13(3)12(2)18-24-8-14(22)9-25-18/h6-9,12-13,15H,5,10-11H2,1-4H3,(H,27,28)/t12-,13-,15+/m0/s1. The van der Waals surface area contributed by atoms with Crippen LogP contribution in [0.15, 0.2) is 24.7 Å². The molecular formula is C21H26ClN7O5S. The SMILES string of the molecule is CCOc1nccc2c1OC[C@@H](COC)n1c(NS(=O)(=O)[C@@H](C)[C@H](C)c3ncc(Cl)cn3)nnc1-2. The summed E-state index contributed by atoms with van der Waals surface area (Å²) in [7, 11) is -2.37. The maximum absolute atomic E-state index is 13.3. The lowest BCUT2D eigenvalue weighted by molar-refractivity contribution is 0.124. The molecule has 4 rings (SSSR count). The lowest BCUT2D eigenvalue weighted by Gasteiger charge is -2.22. The fourth-order valence-corrected chi connectivity index (χ4v) is 5.04. The van der Waals surface area contributed by atoms with Crippen LogP contribution in [0.3, 0.4) is 0 Å². The maximum Gasteiger partial charge on any atom is 0.257 e. The highest BCUT2D eigenvalue weighted by Gasteiger charge is 2.34. The van der Waals surface area contributed by atoms with Crippen molar-refractivity contribution in [2.24, 2.45) is 0 Å². The van der Waals surface area contributed by atoms with Gasteiger partial charge >= 0.3 is 0 Å². The largest absolute Gasteiger partial charge is 0.485 e. The summed E-state index contributed by atoms with van der Waals surface area (Å²) in [5.74, 6) is 1.03. The van der Waals surface area contributed by atoms with Crippen LogP contribution >= 0.6 is 11.6 Å². The van der Waals surface area contributed by atoms with Gasteiger partial charge in [-0.05, 0) is 19.9 Å². The van der Waals surface area contributed by atoms with E-state index >= 15 is 0 Å². The summed E-state index contributed by atoms with van der Waals surface area (Å²) >= 11 is 5.86. The van der Waals surface area contributed by atoms with Crippen molar-refractivity contribution in [3.63, 3.8) is 0 Å². The van der Waals surface area contributed by atoms with Gasteiger partial charge in [-0.15, -0.1) is 10.2 Å². The van der Waals surface area contributed by atoms with Crippen molar-refractivity contribution in [3.05, 3.63) is 35.5 Å². The third kappa shape index (κ3) is 5.02. The van der Waals surface area contributed by atoms with Crippen LogP contribution in [0.1, 0.15) is 38.6 Å². The number of pyridine rings is 1. The number of hydrogen-bond acceptors (Lipinski definition) is 10. The van der Waals surface area contributed by atoms with E-state index in [0.29, 0.717) is 40.5 Å². The predicted molar refractivity (Wildman–Crippen MR) is 128 cm³/mol. The van der Waals surface area contributed by atoms with Gasteiger partial charge in [-0.25, -0.2) is 23.4 Å². The number of anilines is 1. The van der Waals surface area contributed by atoms with E-state index in [-0.39, 0.29) is 19.2 Å². The summed E-state index contributed by atoms with van der Waals surface area (Å²) in [5.41, 5.74) is 0.580. The number of hydrogen-bond donors (Lipinski definition) is 1. The minimum absolute atomic E-state index is 0.0457. The molecule has 0 radical (unpaired) electrons. The van der Waals surface area contributed by atoms with E-state index in [4.69, 9.17) is 25.8 Å². The number of fused-ring (bicyclic) bond motifs is 3. The molecule has 0 fully saturated rings. The first-order valence-electron chi connectivity index (χ1n) is 10.9. The molecule has 0 aliphatic carbocycles. The van der Waals surface area contributed by atoms with E-state index in [1.54, 1.807) is 37.8 Å². The van der Waals surface area contributed by atoms with Crippen molar-refractivity contribution in [3.8, 4) is 23.0 Å². The van der Waals surface area contributed by atoms with Crippen LogP contribution in [0, 0.1) is 0 Å². The van der Waals surface area contributed by atoms with Gasteiger partial charge in [-0.2, -0.15) is 0 Å². The zero-order valence-corrected chi connectivity index (χ0v) is 21.2. The van der Waals surface area contributed by atoms with Crippen molar-refractivity contribution in [1.29, 1.82) is 0 Å². The highest BCUT2D eigenvalue weighted by atomic mass is 35.5. The van der Waals surface area contributed by atoms with Crippen LogP contribution in [0.25, 0.3) is 11.4 Å². The first kappa shape index (κ1) is 25.1. The Kier molecular flexibility index (Phi) is 7.38. The molecule has 0 saturated carbocycles. The van der Waals surface area contributed by atoms with Crippen molar-refractivity contribution in [1.82, 2.24) is 29.7 Å². The average Bonchev–Trinajstić information content (AvgIpc) is 3.16. The summed E-state index contributed by atoms with van der Waals surface area (Å²) in [5, 5.41) is 7.92. The Labute approximate surface area is 208 Å². The predicted octanol–water partition coefficient (Wildman–Crippen LogP) is 2.70. The molecule has 0 unspecified atom stereocenters. The zero-order valence-electron chi connectivity index (χ0n) is 19.7. The normalized spacial score (nSPS) is 16.9. The molecule has 0 saturated heterocycles. The Hall–Kier alpha value is -3.03. The highest BCUT2D eigenvalue weighted by molar-refractivity contribution is 7.93. The molecule has 188 valence electrons. The van der Waals surface area contributed by atoms with Gasteiger partial charge in [0.15, 0.2) is 11.6 Å². The summed E-state index contributed by atoms with van der Waals surface area (Å²) in [6.45, 7) is 5.96. The molecule has 3 aromatic rings. The Bertz CT molecular complexity index is 1290. The molecule has 0 amide bonds. The molecule has 1 aliphatic heterocycles. The molecule has 0 aromatic carbocycles. The third-order valence-corrected chi connectivity index (χ3v) is 7.76. The Morgan fingerprint density at radius 3 is 2.69 bits per heavy atom. The molecule has 12 nitrogen and oxygen atoms in total. The second kappa shape index (κ2) is 10.3. The molecule has 14 heteroatoms. The Morgan fingerprint density at radius 2 is 2.00 bits per heavy atom. The van der Waals surface area contributed by atoms with Crippen molar-refractivity contribution in [2.45, 2.75) is 38.0 Å². The molecule has 1 aliphatic rings. The number of methoxy groups -OCH3 is 1. The van der Waals surface area contributed by atoms with Gasteiger partial charge in [0.2, 0.25) is 16.0 Å².